The van der Waals surface area contributed by atoms with Crippen molar-refractivity contribution >= 4 is 6.29 Å². The Balaban J connectivity index is 1.90. The van der Waals surface area contributed by atoms with E-state index in [1.807, 2.05) is 0 Å². The first-order valence-electron chi connectivity index (χ1n) is 6.17. The monoisotopic (exact) mass is 192 g/mol. The molecule has 0 aliphatic heterocycles. The fourth-order valence-corrected chi connectivity index (χ4v) is 4.88. The molecule has 0 aromatic rings. The lowest BCUT2D eigenvalue weighted by Gasteiger charge is -2.58. The van der Waals surface area contributed by atoms with E-state index in [0.29, 0.717) is 11.3 Å². The maximum Gasteiger partial charge on any atom is 0.123 e. The van der Waals surface area contributed by atoms with Crippen LogP contribution in [0.2, 0.25) is 0 Å². The summed E-state index contributed by atoms with van der Waals surface area (Å²) in [6, 6.07) is 0. The molecule has 0 saturated heterocycles. The molecule has 78 valence electrons. The Kier molecular flexibility index (Phi) is 1.81. The van der Waals surface area contributed by atoms with Crippen molar-refractivity contribution in [2.75, 3.05) is 0 Å². The van der Waals surface area contributed by atoms with Gasteiger partial charge in [-0.1, -0.05) is 6.92 Å². The first-order valence-corrected chi connectivity index (χ1v) is 6.17. The van der Waals surface area contributed by atoms with Crippen LogP contribution in [0.15, 0.2) is 0 Å². The smallest absolute Gasteiger partial charge is 0.123 e. The normalized spacial score (nSPS) is 51.9. The van der Waals surface area contributed by atoms with E-state index in [1.165, 1.54) is 44.8 Å². The largest absolute Gasteiger partial charge is 0.303 e. The van der Waals surface area contributed by atoms with Crippen LogP contribution in [0, 0.1) is 29.1 Å². The van der Waals surface area contributed by atoms with Crippen LogP contribution < -0.4 is 0 Å². The van der Waals surface area contributed by atoms with Gasteiger partial charge in [-0.15, -0.1) is 0 Å². The van der Waals surface area contributed by atoms with Gasteiger partial charge in [-0.3, -0.25) is 0 Å². The summed E-state index contributed by atoms with van der Waals surface area (Å²) < 4.78 is 0. The van der Waals surface area contributed by atoms with Crippen LogP contribution in [0.4, 0.5) is 0 Å². The molecule has 4 aliphatic rings. The van der Waals surface area contributed by atoms with E-state index in [4.69, 9.17) is 0 Å². The summed E-state index contributed by atoms with van der Waals surface area (Å²) >= 11 is 0. The quantitative estimate of drug-likeness (QED) is 0.615. The average Bonchev–Trinajstić information content (AvgIpc) is 2.14. The van der Waals surface area contributed by atoms with E-state index in [-0.39, 0.29) is 0 Å². The Morgan fingerprint density at radius 2 is 1.50 bits per heavy atom. The predicted octanol–water partition coefficient (Wildman–Crippen LogP) is 3.04. The van der Waals surface area contributed by atoms with Crippen LogP contribution in [0.1, 0.15) is 45.4 Å². The summed E-state index contributed by atoms with van der Waals surface area (Å²) in [5.41, 5.74) is 0.441. The van der Waals surface area contributed by atoms with E-state index >= 15 is 0 Å². The van der Waals surface area contributed by atoms with Crippen molar-refractivity contribution in [1.82, 2.24) is 0 Å². The van der Waals surface area contributed by atoms with Crippen molar-refractivity contribution < 1.29 is 4.79 Å². The first-order chi connectivity index (χ1) is 6.72. The van der Waals surface area contributed by atoms with Gasteiger partial charge < -0.3 is 4.79 Å². The van der Waals surface area contributed by atoms with Gasteiger partial charge in [0.15, 0.2) is 0 Å². The predicted molar refractivity (Wildman–Crippen MR) is 55.8 cm³/mol. The van der Waals surface area contributed by atoms with Gasteiger partial charge in [0, 0.05) is 5.92 Å². The van der Waals surface area contributed by atoms with Crippen molar-refractivity contribution in [3.8, 4) is 0 Å². The van der Waals surface area contributed by atoms with Crippen LogP contribution in [-0.2, 0) is 4.79 Å². The lowest BCUT2D eigenvalue weighted by Crippen LogP contribution is -2.49. The first kappa shape index (κ1) is 8.94. The zero-order valence-electron chi connectivity index (χ0n) is 9.04. The van der Waals surface area contributed by atoms with Crippen LogP contribution in [0.5, 0.6) is 0 Å². The highest BCUT2D eigenvalue weighted by Gasteiger charge is 2.52. The minimum atomic E-state index is 0.316. The molecular formula is C13H20O. The van der Waals surface area contributed by atoms with Gasteiger partial charge in [0.2, 0.25) is 0 Å². The molecule has 0 aromatic heterocycles. The van der Waals surface area contributed by atoms with Crippen LogP contribution in [-0.4, -0.2) is 6.29 Å². The Morgan fingerprint density at radius 1 is 1.07 bits per heavy atom. The summed E-state index contributed by atoms with van der Waals surface area (Å²) in [4.78, 5) is 11.0. The molecule has 4 aliphatic carbocycles. The summed E-state index contributed by atoms with van der Waals surface area (Å²) in [5, 5.41) is 0. The molecule has 0 spiro atoms. The van der Waals surface area contributed by atoms with E-state index in [2.05, 4.69) is 6.92 Å². The Labute approximate surface area is 86.3 Å². The minimum absolute atomic E-state index is 0.316. The second-order valence-electron chi connectivity index (χ2n) is 6.20. The third-order valence-electron chi connectivity index (χ3n) is 5.26. The molecule has 0 amide bonds. The molecule has 1 nitrogen and oxygen atoms in total. The molecule has 4 rings (SSSR count). The SMILES string of the molecule is CC(C=O)C12CC3CC(CC(C3)C1)C2. The van der Waals surface area contributed by atoms with Crippen molar-refractivity contribution in [1.29, 1.82) is 0 Å². The lowest BCUT2D eigenvalue weighted by atomic mass is 9.47. The van der Waals surface area contributed by atoms with E-state index in [1.54, 1.807) is 0 Å². The summed E-state index contributed by atoms with van der Waals surface area (Å²) in [6.07, 6.45) is 9.73. The summed E-state index contributed by atoms with van der Waals surface area (Å²) in [7, 11) is 0. The molecule has 4 bridgehead atoms. The zero-order valence-corrected chi connectivity index (χ0v) is 9.04. The molecule has 1 heteroatoms. The molecule has 0 N–H and O–H groups in total. The van der Waals surface area contributed by atoms with E-state index in [0.717, 1.165) is 17.8 Å². The highest BCUT2D eigenvalue weighted by atomic mass is 16.1. The van der Waals surface area contributed by atoms with Crippen molar-refractivity contribution in [2.24, 2.45) is 29.1 Å². The minimum Gasteiger partial charge on any atom is -0.303 e. The Morgan fingerprint density at radius 3 is 1.86 bits per heavy atom. The molecule has 0 aromatic carbocycles. The molecule has 0 radical (unpaired) electrons. The van der Waals surface area contributed by atoms with Gasteiger partial charge in [-0.2, -0.15) is 0 Å². The highest BCUT2D eigenvalue weighted by molar-refractivity contribution is 5.54. The van der Waals surface area contributed by atoms with E-state index in [9.17, 15) is 4.79 Å². The number of hydrogen-bond donors (Lipinski definition) is 0. The molecule has 4 saturated carbocycles. The topological polar surface area (TPSA) is 17.1 Å². The molecular weight excluding hydrogens is 172 g/mol. The Bertz CT molecular complexity index is 221. The van der Waals surface area contributed by atoms with Crippen molar-refractivity contribution in [3.05, 3.63) is 0 Å². The van der Waals surface area contributed by atoms with Gasteiger partial charge in [0.25, 0.3) is 0 Å². The third-order valence-corrected chi connectivity index (χ3v) is 5.26. The maximum absolute atomic E-state index is 11.0. The standard InChI is InChI=1S/C13H20O/c1-9(8-14)13-5-10-2-11(6-13)4-12(3-10)7-13/h8-12H,2-7H2,1H3. The van der Waals surface area contributed by atoms with Gasteiger partial charge >= 0.3 is 0 Å². The van der Waals surface area contributed by atoms with Crippen molar-refractivity contribution in [3.63, 3.8) is 0 Å². The fraction of sp³-hybridized carbons (Fsp3) is 0.923. The lowest BCUT2D eigenvalue weighted by molar-refractivity contribution is -0.125. The summed E-state index contributed by atoms with van der Waals surface area (Å²) in [6.45, 7) is 2.15. The maximum atomic E-state index is 11.0. The van der Waals surface area contributed by atoms with Gasteiger partial charge in [-0.25, -0.2) is 0 Å². The molecule has 1 atom stereocenters. The van der Waals surface area contributed by atoms with Gasteiger partial charge in [0.05, 0.1) is 0 Å². The second-order valence-corrected chi connectivity index (χ2v) is 6.20. The average molecular weight is 192 g/mol. The summed E-state index contributed by atoms with van der Waals surface area (Å²) in [5.74, 6) is 3.24. The highest BCUT2D eigenvalue weighted by Crippen LogP contribution is 2.62. The van der Waals surface area contributed by atoms with Crippen LogP contribution in [0.25, 0.3) is 0 Å². The number of carbonyl (C=O) groups is 1. The van der Waals surface area contributed by atoms with Gasteiger partial charge in [-0.05, 0) is 61.7 Å². The number of carbonyl (C=O) groups excluding carboxylic acids is 1. The second kappa shape index (κ2) is 2.84. The number of rotatable bonds is 2. The number of hydrogen-bond acceptors (Lipinski definition) is 1. The molecule has 0 heterocycles. The molecule has 1 unspecified atom stereocenters. The van der Waals surface area contributed by atoms with Crippen LogP contribution in [0.3, 0.4) is 0 Å². The fourth-order valence-electron chi connectivity index (χ4n) is 4.88. The zero-order chi connectivity index (χ0) is 9.76. The molecule has 14 heavy (non-hydrogen) atoms. The third kappa shape index (κ3) is 1.11. The Hall–Kier alpha value is -0.330. The number of aldehydes is 1. The van der Waals surface area contributed by atoms with Gasteiger partial charge in [0.1, 0.15) is 6.29 Å². The van der Waals surface area contributed by atoms with E-state index < -0.39 is 0 Å². The molecule has 4 fully saturated rings. The van der Waals surface area contributed by atoms with Crippen molar-refractivity contribution in [2.45, 2.75) is 45.4 Å². The van der Waals surface area contributed by atoms with Crippen LogP contribution >= 0.6 is 0 Å².